The van der Waals surface area contributed by atoms with E-state index in [1.165, 1.54) is 12.8 Å². The van der Waals surface area contributed by atoms with Crippen molar-refractivity contribution in [3.63, 3.8) is 0 Å². The lowest BCUT2D eigenvalue weighted by Gasteiger charge is -2.39. The van der Waals surface area contributed by atoms with Crippen molar-refractivity contribution in [3.05, 3.63) is 30.2 Å². The lowest BCUT2D eigenvalue weighted by molar-refractivity contribution is 0.316. The van der Waals surface area contributed by atoms with Gasteiger partial charge in [-0.15, -0.1) is 11.3 Å². The molecule has 1 saturated carbocycles. The molecule has 134 valence electrons. The average molecular weight is 385 g/mol. The third-order valence-electron chi connectivity index (χ3n) is 5.71. The van der Waals surface area contributed by atoms with Crippen LogP contribution in [-0.2, 0) is 0 Å². The van der Waals surface area contributed by atoms with E-state index in [2.05, 4.69) is 19.3 Å². The van der Waals surface area contributed by atoms with Gasteiger partial charge in [-0.25, -0.2) is 15.0 Å². The topological polar surface area (TPSA) is 70.2 Å². The number of nitrogens with one attached hydrogen (secondary N) is 1. The number of piperidine rings is 1. The largest absolute Gasteiger partial charge is 0.342 e. The summed E-state index contributed by atoms with van der Waals surface area (Å²) in [6, 6.07) is 0. The minimum Gasteiger partial charge on any atom is -0.342 e. The van der Waals surface area contributed by atoms with Crippen LogP contribution in [0.3, 0.4) is 0 Å². The van der Waals surface area contributed by atoms with Crippen LogP contribution in [0.5, 0.6) is 0 Å². The predicted molar refractivity (Wildman–Crippen MR) is 105 cm³/mol. The lowest BCUT2D eigenvalue weighted by Crippen LogP contribution is -2.43. The molecule has 8 heteroatoms. The van der Waals surface area contributed by atoms with Gasteiger partial charge in [-0.2, -0.15) is 0 Å². The molecule has 1 aliphatic carbocycles. The zero-order valence-corrected chi connectivity index (χ0v) is 16.0. The number of aromatic nitrogens is 4. The van der Waals surface area contributed by atoms with Gasteiger partial charge in [0.05, 0.1) is 4.90 Å². The van der Waals surface area contributed by atoms with Crippen molar-refractivity contribution >= 4 is 40.4 Å². The first kappa shape index (κ1) is 16.3. The highest BCUT2D eigenvalue weighted by molar-refractivity contribution is 8.01. The van der Waals surface area contributed by atoms with Gasteiger partial charge in [0, 0.05) is 54.4 Å². The van der Waals surface area contributed by atoms with Gasteiger partial charge in [-0.3, -0.25) is 4.40 Å². The van der Waals surface area contributed by atoms with Crippen LogP contribution in [0.2, 0.25) is 0 Å². The summed E-state index contributed by atoms with van der Waals surface area (Å²) in [5, 5.41) is 10.3. The van der Waals surface area contributed by atoms with Crippen LogP contribution in [0.1, 0.15) is 32.1 Å². The fourth-order valence-corrected chi connectivity index (χ4v) is 5.89. The number of imidazole rings is 1. The molecule has 2 fully saturated rings. The monoisotopic (exact) mass is 384 g/mol. The van der Waals surface area contributed by atoms with Gasteiger partial charge in [0.1, 0.15) is 0 Å². The number of rotatable bonds is 3. The predicted octanol–water partition coefficient (Wildman–Crippen LogP) is 4.13. The van der Waals surface area contributed by atoms with E-state index in [1.54, 1.807) is 23.1 Å². The van der Waals surface area contributed by atoms with Crippen molar-refractivity contribution in [1.82, 2.24) is 19.4 Å². The standard InChI is InChI=1S/C18H20N6S2/c19-14-2-1-3-18(14)4-8-23(9-5-18)16-22-12-13(15-20-6-10-24(15)16)26-17-21-7-11-25-17/h6-7,10-12,19H,1-5,8-9H2. The van der Waals surface area contributed by atoms with Crippen molar-refractivity contribution in [1.29, 1.82) is 5.41 Å². The molecule has 4 heterocycles. The summed E-state index contributed by atoms with van der Waals surface area (Å²) in [5.41, 5.74) is 2.09. The van der Waals surface area contributed by atoms with Gasteiger partial charge in [0.15, 0.2) is 9.99 Å². The van der Waals surface area contributed by atoms with Crippen LogP contribution in [0.15, 0.2) is 39.4 Å². The molecule has 3 aromatic heterocycles. The number of nitrogens with zero attached hydrogens (tertiary/aromatic N) is 5. The number of hydrogen-bond donors (Lipinski definition) is 1. The maximum Gasteiger partial charge on any atom is 0.211 e. The van der Waals surface area contributed by atoms with Gasteiger partial charge in [0.25, 0.3) is 0 Å². The number of thiazole rings is 1. The first-order chi connectivity index (χ1) is 12.8. The molecule has 2 aliphatic rings. The summed E-state index contributed by atoms with van der Waals surface area (Å²) in [7, 11) is 0. The van der Waals surface area contributed by atoms with Crippen molar-refractivity contribution in [2.75, 3.05) is 18.0 Å². The fraction of sp³-hybridized carbons (Fsp3) is 0.444. The molecular formula is C18H20N6S2. The molecule has 6 nitrogen and oxygen atoms in total. The zero-order chi connectivity index (χ0) is 17.6. The van der Waals surface area contributed by atoms with E-state index in [9.17, 15) is 0 Å². The molecular weight excluding hydrogens is 364 g/mol. The van der Waals surface area contributed by atoms with Crippen LogP contribution in [0, 0.1) is 10.8 Å². The fourth-order valence-electron chi connectivity index (χ4n) is 4.25. The first-order valence-electron chi connectivity index (χ1n) is 8.97. The maximum atomic E-state index is 8.33. The molecule has 0 atom stereocenters. The number of anilines is 1. The molecule has 0 radical (unpaired) electrons. The number of fused-ring (bicyclic) bond motifs is 1. The van der Waals surface area contributed by atoms with E-state index in [4.69, 9.17) is 10.4 Å². The summed E-state index contributed by atoms with van der Waals surface area (Å²) in [6.45, 7) is 1.92. The van der Waals surface area contributed by atoms with Crippen LogP contribution in [-0.4, -0.2) is 38.2 Å². The highest BCUT2D eigenvalue weighted by atomic mass is 32.2. The summed E-state index contributed by atoms with van der Waals surface area (Å²) in [6.07, 6.45) is 13.1. The Hall–Kier alpha value is -1.93. The Bertz CT molecular complexity index is 940. The second-order valence-electron chi connectivity index (χ2n) is 7.04. The summed E-state index contributed by atoms with van der Waals surface area (Å²) in [4.78, 5) is 17.1. The summed E-state index contributed by atoms with van der Waals surface area (Å²) < 4.78 is 3.09. The minimum absolute atomic E-state index is 0.172. The molecule has 3 aromatic rings. The molecule has 0 amide bonds. The Morgan fingerprint density at radius 2 is 2.00 bits per heavy atom. The molecule has 0 bridgehead atoms. The van der Waals surface area contributed by atoms with E-state index in [0.29, 0.717) is 0 Å². The Kier molecular flexibility index (Phi) is 3.97. The van der Waals surface area contributed by atoms with E-state index in [1.807, 2.05) is 30.2 Å². The van der Waals surface area contributed by atoms with Crippen molar-refractivity contribution in [3.8, 4) is 0 Å². The highest BCUT2D eigenvalue weighted by Gasteiger charge is 2.41. The second-order valence-corrected chi connectivity index (χ2v) is 9.23. The Morgan fingerprint density at radius 1 is 1.12 bits per heavy atom. The summed E-state index contributed by atoms with van der Waals surface area (Å²) >= 11 is 3.24. The second kappa shape index (κ2) is 6.35. The van der Waals surface area contributed by atoms with Crippen molar-refractivity contribution < 1.29 is 0 Å². The smallest absolute Gasteiger partial charge is 0.211 e. The maximum absolute atomic E-state index is 8.33. The van der Waals surface area contributed by atoms with E-state index in [-0.39, 0.29) is 5.41 Å². The van der Waals surface area contributed by atoms with Gasteiger partial charge in [-0.05, 0) is 32.1 Å². The molecule has 1 spiro atoms. The van der Waals surface area contributed by atoms with Crippen LogP contribution >= 0.6 is 23.1 Å². The first-order valence-corrected chi connectivity index (χ1v) is 10.7. The van der Waals surface area contributed by atoms with E-state index < -0.39 is 0 Å². The van der Waals surface area contributed by atoms with Gasteiger partial charge < -0.3 is 10.3 Å². The quantitative estimate of drug-likeness (QED) is 0.735. The molecule has 1 saturated heterocycles. The zero-order valence-electron chi connectivity index (χ0n) is 14.4. The third-order valence-corrected chi connectivity index (χ3v) is 7.60. The van der Waals surface area contributed by atoms with Crippen molar-refractivity contribution in [2.45, 2.75) is 41.3 Å². The molecule has 1 aliphatic heterocycles. The summed E-state index contributed by atoms with van der Waals surface area (Å²) in [5.74, 6) is 0.959. The molecule has 26 heavy (non-hydrogen) atoms. The molecule has 5 rings (SSSR count). The normalized spacial score (nSPS) is 19.7. The molecule has 0 unspecified atom stereocenters. The van der Waals surface area contributed by atoms with Gasteiger partial charge in [-0.1, -0.05) is 11.8 Å². The third kappa shape index (κ3) is 2.63. The average Bonchev–Trinajstić information content (AvgIpc) is 3.39. The Labute approximate surface area is 160 Å². The van der Waals surface area contributed by atoms with E-state index >= 15 is 0 Å². The molecule has 0 aromatic carbocycles. The SMILES string of the molecule is N=C1CCCC12CCN(c1ncc(Sc3nccs3)c3nccn13)CC2. The minimum atomic E-state index is 0.172. The van der Waals surface area contributed by atoms with Gasteiger partial charge >= 0.3 is 0 Å². The van der Waals surface area contributed by atoms with Crippen LogP contribution in [0.4, 0.5) is 5.95 Å². The van der Waals surface area contributed by atoms with Crippen LogP contribution in [0.25, 0.3) is 5.65 Å². The Morgan fingerprint density at radius 3 is 2.73 bits per heavy atom. The lowest BCUT2D eigenvalue weighted by atomic mass is 9.76. The van der Waals surface area contributed by atoms with Crippen LogP contribution < -0.4 is 4.90 Å². The molecule has 1 N–H and O–H groups in total. The Balaban J connectivity index is 1.42. The van der Waals surface area contributed by atoms with E-state index in [0.717, 1.165) is 58.9 Å². The van der Waals surface area contributed by atoms with Crippen molar-refractivity contribution in [2.24, 2.45) is 5.41 Å². The highest BCUT2D eigenvalue weighted by Crippen LogP contribution is 2.44. The number of hydrogen-bond acceptors (Lipinski definition) is 7. The van der Waals surface area contributed by atoms with Gasteiger partial charge in [0.2, 0.25) is 5.95 Å².